The molecule has 3 saturated carbocycles. The van der Waals surface area contributed by atoms with Gasteiger partial charge >= 0.3 is 14.2 Å². The van der Waals surface area contributed by atoms with Gasteiger partial charge in [-0.05, 0) is 61.6 Å². The number of rotatable bonds is 6. The van der Waals surface area contributed by atoms with E-state index in [-0.39, 0.29) is 31.3 Å². The lowest BCUT2D eigenvalue weighted by Crippen LogP contribution is -2.71. The molecule has 4 rings (SSSR count). The zero-order chi connectivity index (χ0) is 27.6. The van der Waals surface area contributed by atoms with Gasteiger partial charge in [-0.3, -0.25) is 18.9 Å². The first-order valence-electron chi connectivity index (χ1n) is 12.4. The van der Waals surface area contributed by atoms with Crippen LogP contribution in [0, 0.1) is 28.6 Å². The van der Waals surface area contributed by atoms with Crippen molar-refractivity contribution in [3.8, 4) is 0 Å². The lowest BCUT2D eigenvalue weighted by atomic mass is 9.44. The average molecular weight is 565 g/mol. The van der Waals surface area contributed by atoms with Gasteiger partial charge in [0.05, 0.1) is 0 Å². The van der Waals surface area contributed by atoms with Gasteiger partial charge in [0, 0.05) is 29.1 Å². The second kappa shape index (κ2) is 9.65. The number of thioether (sulfide) groups is 1. The molecule has 0 bridgehead atoms. The second-order valence-electron chi connectivity index (χ2n) is 11.0. The molecule has 0 heterocycles. The third kappa shape index (κ3) is 3.85. The Hall–Kier alpha value is -1.42. The number of ether oxygens (including phenoxy) is 1. The number of allylic oxidation sites excluding steroid dienone is 4. The van der Waals surface area contributed by atoms with Crippen LogP contribution in [0.25, 0.3) is 0 Å². The Morgan fingerprint density at radius 1 is 1.27 bits per heavy atom. The number of hydrogen-bond donors (Lipinski definition) is 1. The van der Waals surface area contributed by atoms with Crippen LogP contribution >= 0.6 is 20.0 Å². The van der Waals surface area contributed by atoms with E-state index in [1.54, 1.807) is 20.8 Å². The lowest BCUT2D eigenvalue weighted by Gasteiger charge is -2.63. The van der Waals surface area contributed by atoms with Gasteiger partial charge in [0.2, 0.25) is 5.12 Å². The summed E-state index contributed by atoms with van der Waals surface area (Å²) < 4.78 is 70.0. The Balaban J connectivity index is 1.94. The van der Waals surface area contributed by atoms with Crippen LogP contribution in [0.3, 0.4) is 0 Å². The highest BCUT2D eigenvalue weighted by Gasteiger charge is 2.78. The molecule has 7 nitrogen and oxygen atoms in total. The molecule has 0 aliphatic heterocycles. The van der Waals surface area contributed by atoms with E-state index >= 15 is 8.78 Å². The van der Waals surface area contributed by atoms with Gasteiger partial charge in [-0.25, -0.2) is 13.2 Å². The number of fused-ring (bicyclic) bond motifs is 5. The van der Waals surface area contributed by atoms with Gasteiger partial charge < -0.3 is 14.2 Å². The summed E-state index contributed by atoms with van der Waals surface area (Å²) in [5.41, 5.74) is -7.39. The molecule has 0 amide bonds. The minimum atomic E-state index is -3.72. The van der Waals surface area contributed by atoms with Crippen LogP contribution in [-0.4, -0.2) is 51.3 Å². The Labute approximate surface area is 218 Å². The highest BCUT2D eigenvalue weighted by molar-refractivity contribution is 8.13. The van der Waals surface area contributed by atoms with E-state index in [2.05, 4.69) is 0 Å². The highest BCUT2D eigenvalue weighted by Crippen LogP contribution is 2.73. The Morgan fingerprint density at radius 2 is 1.95 bits per heavy atom. The molecule has 12 heteroatoms. The van der Waals surface area contributed by atoms with Crippen LogP contribution in [-0.2, 0) is 28.2 Å². The summed E-state index contributed by atoms with van der Waals surface area (Å²) in [7, 11) is -3.72. The molecule has 3 fully saturated rings. The Kier molecular flexibility index (Phi) is 7.45. The first-order valence-corrected chi connectivity index (χ1v) is 14.6. The average Bonchev–Trinajstić information content (AvgIpc) is 3.04. The summed E-state index contributed by atoms with van der Waals surface area (Å²) in [4.78, 5) is 47.9. The minimum absolute atomic E-state index is 0.0626. The van der Waals surface area contributed by atoms with Gasteiger partial charge in [0.15, 0.2) is 17.1 Å². The van der Waals surface area contributed by atoms with Crippen molar-refractivity contribution >= 4 is 36.9 Å². The van der Waals surface area contributed by atoms with E-state index < -0.39 is 83.3 Å². The van der Waals surface area contributed by atoms with Crippen LogP contribution in [0.4, 0.5) is 13.2 Å². The molecule has 0 saturated heterocycles. The molecular formula is C25H32F3O7PS. The molecular weight excluding hydrogens is 532 g/mol. The molecule has 0 aromatic carbocycles. The quantitative estimate of drug-likeness (QED) is 0.361. The van der Waals surface area contributed by atoms with Crippen LogP contribution in [0.15, 0.2) is 23.8 Å². The van der Waals surface area contributed by atoms with Gasteiger partial charge in [-0.15, -0.1) is 0 Å². The van der Waals surface area contributed by atoms with E-state index in [1.165, 1.54) is 13.0 Å². The SMILES string of the molecule is CCC(=O)O[C@]1(C(=O)SCF)[C@H](C)C[C@H]2[C@@H]3C[C@H](F)C4=CC(=O)C=C[C@]4(C)[C@@]3(F)[C@@H](O[PH](=O)O)C[C@@]21C. The maximum absolute atomic E-state index is 17.7. The molecule has 206 valence electrons. The van der Waals surface area contributed by atoms with E-state index in [0.29, 0.717) is 11.8 Å². The first kappa shape index (κ1) is 28.6. The monoisotopic (exact) mass is 564 g/mol. The van der Waals surface area contributed by atoms with E-state index in [4.69, 9.17) is 9.26 Å². The number of ketones is 1. The first-order chi connectivity index (χ1) is 17.2. The van der Waals surface area contributed by atoms with Crippen molar-refractivity contribution in [2.45, 2.75) is 76.9 Å². The topological polar surface area (TPSA) is 107 Å². The number of carbonyl (C=O) groups is 3. The van der Waals surface area contributed by atoms with Crippen LogP contribution < -0.4 is 0 Å². The maximum Gasteiger partial charge on any atom is 0.316 e. The van der Waals surface area contributed by atoms with Crippen molar-refractivity contribution in [2.75, 3.05) is 6.01 Å². The molecule has 1 unspecified atom stereocenters. The summed E-state index contributed by atoms with van der Waals surface area (Å²) >= 11 is 0.346. The highest BCUT2D eigenvalue weighted by atomic mass is 32.2. The molecule has 4 aliphatic rings. The predicted octanol–water partition coefficient (Wildman–Crippen LogP) is 4.84. The van der Waals surface area contributed by atoms with Crippen molar-refractivity contribution in [2.24, 2.45) is 28.6 Å². The summed E-state index contributed by atoms with van der Waals surface area (Å²) in [5, 5.41) is -0.737. The van der Waals surface area contributed by atoms with Crippen molar-refractivity contribution < 1.29 is 46.3 Å². The van der Waals surface area contributed by atoms with Crippen LogP contribution in [0.5, 0.6) is 0 Å². The number of carbonyl (C=O) groups excluding carboxylic acids is 3. The lowest BCUT2D eigenvalue weighted by molar-refractivity contribution is -0.223. The molecule has 0 spiro atoms. The van der Waals surface area contributed by atoms with E-state index in [1.807, 2.05) is 0 Å². The van der Waals surface area contributed by atoms with Gasteiger partial charge in [0.1, 0.15) is 18.3 Å². The standard InChI is InChI=1S/C25H32F3O7PS/c1-5-20(30)34-25(21(31)37-12-26)13(2)8-15-16-10-18(27)17-9-14(29)6-7-22(17,3)24(16,28)19(35-36(32)33)11-23(15,25)4/h6-7,9,13,15-16,18-19,36H,5,8,10-12H2,1-4H3,(H,32,33)/t13-,15+,16+,18+,19+,22+,23+,24+,25+/m1/s1. The smallest absolute Gasteiger partial charge is 0.316 e. The molecule has 0 radical (unpaired) electrons. The van der Waals surface area contributed by atoms with E-state index in [9.17, 15) is 28.2 Å². The minimum Gasteiger partial charge on any atom is -0.449 e. The largest absolute Gasteiger partial charge is 0.449 e. The second-order valence-corrected chi connectivity index (χ2v) is 12.6. The molecule has 10 atom stereocenters. The van der Waals surface area contributed by atoms with Crippen molar-refractivity contribution in [3.05, 3.63) is 23.8 Å². The third-order valence-electron chi connectivity index (χ3n) is 9.44. The Morgan fingerprint density at radius 3 is 2.54 bits per heavy atom. The van der Waals surface area contributed by atoms with Crippen LogP contribution in [0.2, 0.25) is 0 Å². The number of alkyl halides is 3. The van der Waals surface area contributed by atoms with Crippen molar-refractivity contribution in [1.29, 1.82) is 0 Å². The zero-order valence-electron chi connectivity index (χ0n) is 21.1. The zero-order valence-corrected chi connectivity index (χ0v) is 22.9. The molecule has 0 aromatic heterocycles. The number of hydrogen-bond acceptors (Lipinski definition) is 7. The fraction of sp³-hybridized carbons (Fsp3) is 0.720. The van der Waals surface area contributed by atoms with Crippen molar-refractivity contribution in [1.82, 2.24) is 0 Å². The summed E-state index contributed by atoms with van der Waals surface area (Å²) in [6.45, 7) is 6.27. The molecule has 0 aromatic rings. The number of esters is 1. The Bertz CT molecular complexity index is 1100. The number of halogens is 3. The fourth-order valence-corrected chi connectivity index (χ4v) is 9.13. The van der Waals surface area contributed by atoms with Gasteiger partial charge in [0.25, 0.3) is 0 Å². The molecule has 37 heavy (non-hydrogen) atoms. The fourth-order valence-electron chi connectivity index (χ4n) is 7.84. The third-order valence-corrected chi connectivity index (χ3v) is 10.6. The summed E-state index contributed by atoms with van der Waals surface area (Å²) in [6, 6.07) is -1.07. The van der Waals surface area contributed by atoms with Crippen LogP contribution in [0.1, 0.15) is 53.4 Å². The normalized spacial score (nSPS) is 45.4. The molecule has 4 aliphatic carbocycles. The van der Waals surface area contributed by atoms with Gasteiger partial charge in [-0.1, -0.05) is 26.8 Å². The maximum atomic E-state index is 17.7. The van der Waals surface area contributed by atoms with Crippen molar-refractivity contribution in [3.63, 3.8) is 0 Å². The van der Waals surface area contributed by atoms with Gasteiger partial charge in [-0.2, -0.15) is 0 Å². The summed E-state index contributed by atoms with van der Waals surface area (Å²) in [6.07, 6.45) is -0.355. The predicted molar refractivity (Wildman–Crippen MR) is 131 cm³/mol. The summed E-state index contributed by atoms with van der Waals surface area (Å²) in [5.74, 6) is -3.71. The van der Waals surface area contributed by atoms with E-state index in [0.717, 1.165) is 12.2 Å². The molecule has 1 N–H and O–H groups in total.